The van der Waals surface area contributed by atoms with E-state index >= 15 is 0 Å². The minimum atomic E-state index is -3.05. The molecule has 1 heterocycles. The first-order valence-electron chi connectivity index (χ1n) is 9.63. The molecule has 0 unspecified atom stereocenters. The van der Waals surface area contributed by atoms with Crippen LogP contribution >= 0.6 is 7.52 Å². The van der Waals surface area contributed by atoms with E-state index < -0.39 is 12.4 Å². The fourth-order valence-electron chi connectivity index (χ4n) is 3.24. The van der Waals surface area contributed by atoms with Gasteiger partial charge < -0.3 is 9.42 Å². The molecule has 1 saturated heterocycles. The molecular formula is C20H27N4O4P. The van der Waals surface area contributed by atoms with Crippen molar-refractivity contribution in [3.63, 3.8) is 0 Å². The molecule has 29 heavy (non-hydrogen) atoms. The summed E-state index contributed by atoms with van der Waals surface area (Å²) in [5.41, 5.74) is 2.23. The molecule has 0 spiro atoms. The van der Waals surface area contributed by atoms with E-state index in [-0.39, 0.29) is 5.69 Å². The van der Waals surface area contributed by atoms with E-state index in [2.05, 4.69) is 23.9 Å². The minimum absolute atomic E-state index is 0.0829. The maximum absolute atomic E-state index is 12.9. The van der Waals surface area contributed by atoms with E-state index in [1.165, 1.54) is 17.7 Å². The van der Waals surface area contributed by atoms with Crippen LogP contribution in [0.2, 0.25) is 0 Å². The van der Waals surface area contributed by atoms with E-state index in [0.717, 1.165) is 5.69 Å². The first kappa shape index (κ1) is 21.3. The fourth-order valence-corrected chi connectivity index (χ4v) is 4.52. The summed E-state index contributed by atoms with van der Waals surface area (Å²) < 4.78 is 18.6. The minimum Gasteiger partial charge on any atom is -0.432 e. The van der Waals surface area contributed by atoms with Crippen LogP contribution in [-0.2, 0) is 4.57 Å². The van der Waals surface area contributed by atoms with Crippen LogP contribution in [0, 0.1) is 10.1 Å². The molecule has 3 rings (SSSR count). The van der Waals surface area contributed by atoms with Gasteiger partial charge in [0.05, 0.1) is 4.92 Å². The standard InChI is InChI=1S/C20H27N4O4P/c1-16(2)17-4-10-20(11-5-17)28-29(3,27)21-23-14-12-22(13-15-23)18-6-8-19(9-7-18)24(25)26/h4-11,16H,12-15H2,1-3H3,(H,21,27)/t29-/m1/s1. The third-order valence-corrected chi connectivity index (χ3v) is 6.06. The summed E-state index contributed by atoms with van der Waals surface area (Å²) in [6, 6.07) is 14.2. The Bertz CT molecular complexity index is 878. The van der Waals surface area contributed by atoms with Crippen molar-refractivity contribution in [3.05, 3.63) is 64.2 Å². The highest BCUT2D eigenvalue weighted by Gasteiger charge is 2.25. The maximum atomic E-state index is 12.9. The third kappa shape index (κ3) is 5.79. The van der Waals surface area contributed by atoms with Gasteiger partial charge in [-0.15, -0.1) is 0 Å². The summed E-state index contributed by atoms with van der Waals surface area (Å²) >= 11 is 0. The second kappa shape index (κ2) is 8.95. The van der Waals surface area contributed by atoms with Gasteiger partial charge in [0.1, 0.15) is 5.75 Å². The Labute approximate surface area is 171 Å². The lowest BCUT2D eigenvalue weighted by atomic mass is 10.0. The Morgan fingerprint density at radius 1 is 1.03 bits per heavy atom. The van der Waals surface area contributed by atoms with Crippen molar-refractivity contribution in [1.82, 2.24) is 10.2 Å². The highest BCUT2D eigenvalue weighted by Crippen LogP contribution is 2.39. The Hall–Kier alpha value is -2.41. The lowest BCUT2D eigenvalue weighted by Gasteiger charge is -2.37. The van der Waals surface area contributed by atoms with E-state index in [4.69, 9.17) is 4.52 Å². The van der Waals surface area contributed by atoms with Crippen LogP contribution in [-0.4, -0.2) is 42.8 Å². The lowest BCUT2D eigenvalue weighted by Crippen LogP contribution is -2.51. The SMILES string of the molecule is CC(C)c1ccc(O[P@@](C)(=O)NN2CCN(c3ccc([N+](=O)[O-])cc3)CC2)cc1. The van der Waals surface area contributed by atoms with Crippen LogP contribution in [0.5, 0.6) is 5.75 Å². The van der Waals surface area contributed by atoms with Gasteiger partial charge in [-0.2, -0.15) is 5.20 Å². The molecular weight excluding hydrogens is 391 g/mol. The number of nitrogens with zero attached hydrogens (tertiary/aromatic N) is 3. The van der Waals surface area contributed by atoms with Gasteiger partial charge in [0, 0.05) is 50.7 Å². The zero-order valence-electron chi connectivity index (χ0n) is 16.9. The van der Waals surface area contributed by atoms with Crippen LogP contribution in [0.25, 0.3) is 0 Å². The average Bonchev–Trinajstić information content (AvgIpc) is 2.68. The van der Waals surface area contributed by atoms with Crippen LogP contribution in [0.15, 0.2) is 48.5 Å². The fraction of sp³-hybridized carbons (Fsp3) is 0.400. The topological polar surface area (TPSA) is 88.0 Å². The van der Waals surface area contributed by atoms with E-state index in [1.807, 2.05) is 29.3 Å². The van der Waals surface area contributed by atoms with Gasteiger partial charge in [0.15, 0.2) is 0 Å². The van der Waals surface area contributed by atoms with Gasteiger partial charge in [-0.3, -0.25) is 14.7 Å². The Kier molecular flexibility index (Phi) is 6.57. The highest BCUT2D eigenvalue weighted by molar-refractivity contribution is 7.56. The number of rotatable bonds is 7. The number of nitrogens with one attached hydrogen (secondary N) is 1. The molecule has 8 nitrogen and oxygen atoms in total. The molecule has 0 radical (unpaired) electrons. The normalized spacial score (nSPS) is 17.2. The first-order valence-corrected chi connectivity index (χ1v) is 11.7. The zero-order valence-corrected chi connectivity index (χ0v) is 17.8. The predicted octanol–water partition coefficient (Wildman–Crippen LogP) is 4.25. The number of benzene rings is 2. The average molecular weight is 418 g/mol. The number of piperazine rings is 1. The van der Waals surface area contributed by atoms with Gasteiger partial charge in [-0.1, -0.05) is 26.0 Å². The van der Waals surface area contributed by atoms with Gasteiger partial charge in [0.2, 0.25) is 0 Å². The van der Waals surface area contributed by atoms with Crippen molar-refractivity contribution >= 4 is 18.9 Å². The Morgan fingerprint density at radius 3 is 2.14 bits per heavy atom. The van der Waals surface area contributed by atoms with Crippen molar-refractivity contribution < 1.29 is 14.0 Å². The molecule has 0 aromatic heterocycles. The number of anilines is 1. The number of non-ortho nitro benzene ring substituents is 1. The monoisotopic (exact) mass is 418 g/mol. The quantitative estimate of drug-likeness (QED) is 0.409. The summed E-state index contributed by atoms with van der Waals surface area (Å²) in [6.07, 6.45) is 0. The van der Waals surface area contributed by atoms with Crippen LogP contribution < -0.4 is 14.6 Å². The van der Waals surface area contributed by atoms with Crippen LogP contribution in [0.3, 0.4) is 0 Å². The van der Waals surface area contributed by atoms with E-state index in [9.17, 15) is 14.7 Å². The molecule has 1 fully saturated rings. The van der Waals surface area contributed by atoms with Gasteiger partial charge in [-0.05, 0) is 35.7 Å². The Balaban J connectivity index is 1.52. The van der Waals surface area contributed by atoms with Crippen molar-refractivity contribution in [2.45, 2.75) is 19.8 Å². The second-order valence-electron chi connectivity index (χ2n) is 7.51. The molecule has 1 atom stereocenters. The predicted molar refractivity (Wildman–Crippen MR) is 115 cm³/mol. The number of hydrazine groups is 1. The van der Waals surface area contributed by atoms with E-state index in [0.29, 0.717) is 37.8 Å². The number of hydrogen-bond acceptors (Lipinski definition) is 6. The molecule has 0 aliphatic carbocycles. The van der Waals surface area contributed by atoms with Crippen molar-refractivity contribution in [2.24, 2.45) is 0 Å². The molecule has 2 aromatic rings. The molecule has 156 valence electrons. The first-order chi connectivity index (χ1) is 13.7. The van der Waals surface area contributed by atoms with Crippen molar-refractivity contribution in [3.8, 4) is 5.75 Å². The maximum Gasteiger partial charge on any atom is 0.326 e. The third-order valence-electron chi connectivity index (χ3n) is 4.85. The number of nitro groups is 1. The molecule has 2 aromatic carbocycles. The lowest BCUT2D eigenvalue weighted by molar-refractivity contribution is -0.384. The van der Waals surface area contributed by atoms with Gasteiger partial charge >= 0.3 is 7.52 Å². The smallest absolute Gasteiger partial charge is 0.326 e. The van der Waals surface area contributed by atoms with Gasteiger partial charge in [-0.25, -0.2) is 5.01 Å². The summed E-state index contributed by atoms with van der Waals surface area (Å²) in [5.74, 6) is 1.01. The molecule has 0 saturated carbocycles. The molecule has 1 aliphatic rings. The van der Waals surface area contributed by atoms with E-state index in [1.54, 1.807) is 18.8 Å². The zero-order chi connectivity index (χ0) is 21.0. The van der Waals surface area contributed by atoms with Crippen LogP contribution in [0.1, 0.15) is 25.3 Å². The highest BCUT2D eigenvalue weighted by atomic mass is 31.2. The summed E-state index contributed by atoms with van der Waals surface area (Å²) in [4.78, 5) is 12.5. The molecule has 0 bridgehead atoms. The Morgan fingerprint density at radius 2 is 1.62 bits per heavy atom. The second-order valence-corrected chi connectivity index (χ2v) is 9.58. The number of hydrogen-bond donors (Lipinski definition) is 1. The largest absolute Gasteiger partial charge is 0.432 e. The summed E-state index contributed by atoms with van der Waals surface area (Å²) in [6.45, 7) is 8.57. The molecule has 0 amide bonds. The summed E-state index contributed by atoms with van der Waals surface area (Å²) in [5, 5.41) is 15.7. The van der Waals surface area contributed by atoms with Crippen LogP contribution in [0.4, 0.5) is 11.4 Å². The summed E-state index contributed by atoms with van der Waals surface area (Å²) in [7, 11) is -3.05. The van der Waals surface area contributed by atoms with Crippen molar-refractivity contribution in [1.29, 1.82) is 0 Å². The number of nitro benzene ring substituents is 1. The molecule has 1 N–H and O–H groups in total. The van der Waals surface area contributed by atoms with Gasteiger partial charge in [0.25, 0.3) is 5.69 Å². The molecule has 9 heteroatoms. The molecule has 1 aliphatic heterocycles. The van der Waals surface area contributed by atoms with Crippen molar-refractivity contribution in [2.75, 3.05) is 37.7 Å².